The van der Waals surface area contributed by atoms with E-state index < -0.39 is 0 Å². The Bertz CT molecular complexity index is 862. The van der Waals surface area contributed by atoms with Crippen molar-refractivity contribution in [3.8, 4) is 0 Å². The molecule has 0 aliphatic rings. The van der Waals surface area contributed by atoms with Crippen LogP contribution in [0.15, 0.2) is 60.7 Å². The lowest BCUT2D eigenvalue weighted by Crippen LogP contribution is -2.16. The Morgan fingerprint density at radius 1 is 0.917 bits per heavy atom. The summed E-state index contributed by atoms with van der Waals surface area (Å²) in [4.78, 5) is 21.1. The summed E-state index contributed by atoms with van der Waals surface area (Å²) in [5.74, 6) is 0.861. The van der Waals surface area contributed by atoms with Gasteiger partial charge in [-0.1, -0.05) is 36.4 Å². The second kappa shape index (κ2) is 6.91. The highest BCUT2D eigenvalue weighted by Gasteiger charge is 2.12. The highest BCUT2D eigenvalue weighted by atomic mass is 16.1. The van der Waals surface area contributed by atoms with Gasteiger partial charge in [-0.05, 0) is 37.6 Å². The molecule has 120 valence electrons. The summed E-state index contributed by atoms with van der Waals surface area (Å²) in [5, 5.41) is 6.07. The minimum Gasteiger partial charge on any atom is -0.340 e. The van der Waals surface area contributed by atoms with Crippen LogP contribution in [0.3, 0.4) is 0 Å². The molecule has 5 heteroatoms. The fourth-order valence-corrected chi connectivity index (χ4v) is 2.32. The summed E-state index contributed by atoms with van der Waals surface area (Å²) < 4.78 is 0. The molecule has 1 amide bonds. The van der Waals surface area contributed by atoms with E-state index >= 15 is 0 Å². The van der Waals surface area contributed by atoms with E-state index in [0.29, 0.717) is 17.3 Å². The lowest BCUT2D eigenvalue weighted by atomic mass is 10.2. The first-order valence-corrected chi connectivity index (χ1v) is 7.66. The second-order valence-corrected chi connectivity index (χ2v) is 5.45. The van der Waals surface area contributed by atoms with Gasteiger partial charge in [0.15, 0.2) is 0 Å². The molecular weight excluding hydrogens is 300 g/mol. The number of nitrogens with zero attached hydrogens (tertiary/aromatic N) is 2. The number of para-hydroxylation sites is 2. The van der Waals surface area contributed by atoms with Crippen molar-refractivity contribution in [3.05, 3.63) is 77.7 Å². The number of rotatable bonds is 4. The molecule has 24 heavy (non-hydrogen) atoms. The van der Waals surface area contributed by atoms with Crippen LogP contribution in [-0.4, -0.2) is 15.9 Å². The van der Waals surface area contributed by atoms with Crippen molar-refractivity contribution in [2.45, 2.75) is 13.8 Å². The maximum absolute atomic E-state index is 12.5. The first kappa shape index (κ1) is 15.7. The largest absolute Gasteiger partial charge is 0.340 e. The van der Waals surface area contributed by atoms with Crippen molar-refractivity contribution in [1.82, 2.24) is 9.97 Å². The van der Waals surface area contributed by atoms with Crippen LogP contribution in [0.25, 0.3) is 0 Å². The Morgan fingerprint density at radius 3 is 2.38 bits per heavy atom. The summed E-state index contributed by atoms with van der Waals surface area (Å²) in [6.07, 6.45) is 0. The molecule has 0 fully saturated rings. The molecule has 3 aromatic rings. The Kier molecular flexibility index (Phi) is 4.52. The van der Waals surface area contributed by atoms with Gasteiger partial charge in [0, 0.05) is 17.4 Å². The molecule has 0 aliphatic heterocycles. The van der Waals surface area contributed by atoms with E-state index in [0.717, 1.165) is 16.9 Å². The highest BCUT2D eigenvalue weighted by Crippen LogP contribution is 2.17. The van der Waals surface area contributed by atoms with Crippen LogP contribution in [0.4, 0.5) is 17.2 Å². The summed E-state index contributed by atoms with van der Waals surface area (Å²) in [5.41, 5.74) is 3.00. The minimum absolute atomic E-state index is 0.258. The van der Waals surface area contributed by atoms with Gasteiger partial charge in [0.05, 0.1) is 0 Å². The molecule has 0 atom stereocenters. The zero-order valence-electron chi connectivity index (χ0n) is 13.6. The number of carbonyl (C=O) groups is 1. The Labute approximate surface area is 140 Å². The van der Waals surface area contributed by atoms with Crippen molar-refractivity contribution in [2.24, 2.45) is 0 Å². The molecule has 0 saturated heterocycles. The molecule has 0 radical (unpaired) electrons. The molecular formula is C19H18N4O. The number of hydrogen-bond donors (Lipinski definition) is 2. The molecule has 0 unspecified atom stereocenters. The minimum atomic E-state index is -0.258. The van der Waals surface area contributed by atoms with Crippen LogP contribution in [0.1, 0.15) is 21.9 Å². The van der Waals surface area contributed by atoms with Crippen LogP contribution in [0.5, 0.6) is 0 Å². The highest BCUT2D eigenvalue weighted by molar-refractivity contribution is 6.03. The Balaban J connectivity index is 1.83. The average Bonchev–Trinajstić information content (AvgIpc) is 2.57. The lowest BCUT2D eigenvalue weighted by molar-refractivity contribution is 0.102. The van der Waals surface area contributed by atoms with Crippen LogP contribution in [0, 0.1) is 13.8 Å². The van der Waals surface area contributed by atoms with E-state index in [-0.39, 0.29) is 5.91 Å². The maximum atomic E-state index is 12.5. The van der Waals surface area contributed by atoms with Crippen molar-refractivity contribution in [2.75, 3.05) is 10.6 Å². The topological polar surface area (TPSA) is 66.9 Å². The van der Waals surface area contributed by atoms with Crippen LogP contribution >= 0.6 is 0 Å². The number of nitrogens with one attached hydrogen (secondary N) is 2. The van der Waals surface area contributed by atoms with Crippen LogP contribution < -0.4 is 10.6 Å². The van der Waals surface area contributed by atoms with Gasteiger partial charge in [-0.2, -0.15) is 0 Å². The first-order chi connectivity index (χ1) is 11.6. The second-order valence-electron chi connectivity index (χ2n) is 5.45. The predicted octanol–water partition coefficient (Wildman–Crippen LogP) is 4.09. The number of hydrogen-bond acceptors (Lipinski definition) is 4. The molecule has 0 bridgehead atoms. The number of anilines is 3. The fraction of sp³-hybridized carbons (Fsp3) is 0.105. The van der Waals surface area contributed by atoms with E-state index in [1.165, 1.54) is 0 Å². The number of benzene rings is 2. The third-order valence-electron chi connectivity index (χ3n) is 3.51. The van der Waals surface area contributed by atoms with E-state index in [4.69, 9.17) is 0 Å². The summed E-state index contributed by atoms with van der Waals surface area (Å²) in [6.45, 7) is 3.71. The van der Waals surface area contributed by atoms with Gasteiger partial charge >= 0.3 is 0 Å². The smallest absolute Gasteiger partial charge is 0.274 e. The van der Waals surface area contributed by atoms with Crippen molar-refractivity contribution < 1.29 is 4.79 Å². The normalized spacial score (nSPS) is 10.2. The van der Waals surface area contributed by atoms with E-state index in [2.05, 4.69) is 20.6 Å². The Hall–Kier alpha value is -3.21. The molecule has 0 aliphatic carbocycles. The lowest BCUT2D eigenvalue weighted by Gasteiger charge is -2.10. The third kappa shape index (κ3) is 3.76. The van der Waals surface area contributed by atoms with Crippen LogP contribution in [-0.2, 0) is 0 Å². The standard InChI is InChI=1S/C19H18N4O/c1-13-8-6-7-11-16(13)23-19(24)17-12-18(21-14(2)20-17)22-15-9-4-3-5-10-15/h3-12H,1-2H3,(H,23,24)(H,20,21,22). The van der Waals surface area contributed by atoms with Gasteiger partial charge in [-0.3, -0.25) is 4.79 Å². The van der Waals surface area contributed by atoms with Gasteiger partial charge in [-0.25, -0.2) is 9.97 Å². The molecule has 0 spiro atoms. The SMILES string of the molecule is Cc1nc(Nc2ccccc2)cc(C(=O)Nc2ccccc2C)n1. The van der Waals surface area contributed by atoms with Gasteiger partial charge in [0.2, 0.25) is 0 Å². The third-order valence-corrected chi connectivity index (χ3v) is 3.51. The zero-order valence-corrected chi connectivity index (χ0v) is 13.6. The zero-order chi connectivity index (χ0) is 16.9. The monoisotopic (exact) mass is 318 g/mol. The first-order valence-electron chi connectivity index (χ1n) is 7.66. The van der Waals surface area contributed by atoms with Gasteiger partial charge in [0.25, 0.3) is 5.91 Å². The number of amides is 1. The quantitative estimate of drug-likeness (QED) is 0.760. The molecule has 3 rings (SSSR count). The number of carbonyl (C=O) groups excluding carboxylic acids is 1. The molecule has 5 nitrogen and oxygen atoms in total. The molecule has 1 aromatic heterocycles. The van der Waals surface area contributed by atoms with Crippen molar-refractivity contribution in [3.63, 3.8) is 0 Å². The fourth-order valence-electron chi connectivity index (χ4n) is 2.32. The maximum Gasteiger partial charge on any atom is 0.274 e. The van der Waals surface area contributed by atoms with E-state index in [1.807, 2.05) is 61.5 Å². The average molecular weight is 318 g/mol. The van der Waals surface area contributed by atoms with E-state index in [1.54, 1.807) is 13.0 Å². The van der Waals surface area contributed by atoms with Gasteiger partial charge in [0.1, 0.15) is 17.3 Å². The van der Waals surface area contributed by atoms with Gasteiger partial charge in [-0.15, -0.1) is 0 Å². The predicted molar refractivity (Wildman–Crippen MR) is 95.6 cm³/mol. The number of aromatic nitrogens is 2. The van der Waals surface area contributed by atoms with E-state index in [9.17, 15) is 4.79 Å². The molecule has 1 heterocycles. The Morgan fingerprint density at radius 2 is 1.62 bits per heavy atom. The van der Waals surface area contributed by atoms with Crippen molar-refractivity contribution in [1.29, 1.82) is 0 Å². The molecule has 0 saturated carbocycles. The summed E-state index contributed by atoms with van der Waals surface area (Å²) in [7, 11) is 0. The molecule has 2 N–H and O–H groups in total. The molecule has 2 aromatic carbocycles. The number of aryl methyl sites for hydroxylation is 2. The van der Waals surface area contributed by atoms with Crippen molar-refractivity contribution >= 4 is 23.1 Å². The van der Waals surface area contributed by atoms with Gasteiger partial charge < -0.3 is 10.6 Å². The van der Waals surface area contributed by atoms with Crippen LogP contribution in [0.2, 0.25) is 0 Å². The summed E-state index contributed by atoms with van der Waals surface area (Å²) >= 11 is 0. The summed E-state index contributed by atoms with van der Waals surface area (Å²) in [6, 6.07) is 19.0.